The van der Waals surface area contributed by atoms with Gasteiger partial charge in [0.1, 0.15) is 0 Å². The van der Waals surface area contributed by atoms with E-state index < -0.39 is 0 Å². The minimum Gasteiger partial charge on any atom is -0.395 e. The zero-order valence-electron chi connectivity index (χ0n) is 16.5. The summed E-state index contributed by atoms with van der Waals surface area (Å²) in [5.74, 6) is 0. The Bertz CT molecular complexity index is 1110. The number of anilines is 1. The molecule has 1 atom stereocenters. The predicted octanol–water partition coefficient (Wildman–Crippen LogP) is 3.59. The maximum atomic E-state index is 9.20. The molecule has 29 heavy (non-hydrogen) atoms. The average Bonchev–Trinajstić information content (AvgIpc) is 3.35. The van der Waals surface area contributed by atoms with Gasteiger partial charge in [0.05, 0.1) is 18.3 Å². The van der Waals surface area contributed by atoms with Crippen molar-refractivity contribution in [3.8, 4) is 0 Å². The molecule has 6 heteroatoms. The van der Waals surface area contributed by atoms with Crippen molar-refractivity contribution >= 4 is 27.5 Å². The molecule has 2 aromatic heterocycles. The Morgan fingerprint density at radius 1 is 1.14 bits per heavy atom. The third kappa shape index (κ3) is 3.86. The molecule has 4 aromatic rings. The Balaban J connectivity index is 1.25. The number of hydrogen-bond acceptors (Lipinski definition) is 4. The molecule has 1 aliphatic heterocycles. The van der Waals surface area contributed by atoms with E-state index in [4.69, 9.17) is 0 Å². The van der Waals surface area contributed by atoms with Gasteiger partial charge in [0.25, 0.3) is 0 Å². The number of rotatable bonds is 6. The number of fused-ring (bicyclic) bond motifs is 2. The molecule has 0 aliphatic carbocycles. The van der Waals surface area contributed by atoms with Crippen LogP contribution < -0.4 is 5.32 Å². The van der Waals surface area contributed by atoms with Gasteiger partial charge in [-0.2, -0.15) is 5.10 Å². The first kappa shape index (κ1) is 18.2. The van der Waals surface area contributed by atoms with Crippen LogP contribution in [0.4, 0.5) is 5.69 Å². The average molecular weight is 390 g/mol. The summed E-state index contributed by atoms with van der Waals surface area (Å²) in [6, 6.07) is 15.7. The Morgan fingerprint density at radius 2 is 2.10 bits per heavy atom. The van der Waals surface area contributed by atoms with Gasteiger partial charge >= 0.3 is 0 Å². The monoisotopic (exact) mass is 389 g/mol. The number of aliphatic hydroxyl groups excluding tert-OH is 1. The first-order chi connectivity index (χ1) is 14.3. The van der Waals surface area contributed by atoms with Crippen LogP contribution in [0.1, 0.15) is 18.4 Å². The summed E-state index contributed by atoms with van der Waals surface area (Å²) in [6.07, 6.45) is 6.34. The molecule has 6 nitrogen and oxygen atoms in total. The topological polar surface area (TPSA) is 69.1 Å². The van der Waals surface area contributed by atoms with E-state index in [9.17, 15) is 5.11 Å². The molecular weight excluding hydrogens is 362 g/mol. The number of likely N-dealkylation sites (tertiary alicyclic amines) is 1. The fourth-order valence-corrected chi connectivity index (χ4v) is 4.49. The van der Waals surface area contributed by atoms with Crippen LogP contribution in [-0.2, 0) is 13.1 Å². The second-order valence-electron chi connectivity index (χ2n) is 8.02. The van der Waals surface area contributed by atoms with Gasteiger partial charge in [-0.05, 0) is 66.7 Å². The van der Waals surface area contributed by atoms with Crippen molar-refractivity contribution in [1.82, 2.24) is 19.7 Å². The number of aromatic nitrogens is 3. The molecule has 1 aliphatic rings. The second-order valence-corrected chi connectivity index (χ2v) is 8.02. The van der Waals surface area contributed by atoms with Crippen molar-refractivity contribution in [3.63, 3.8) is 0 Å². The molecule has 0 unspecified atom stereocenters. The van der Waals surface area contributed by atoms with E-state index in [0.29, 0.717) is 12.6 Å². The van der Waals surface area contributed by atoms with Crippen molar-refractivity contribution in [2.45, 2.75) is 32.0 Å². The molecule has 150 valence electrons. The normalized spacial score (nSPS) is 17.9. The highest BCUT2D eigenvalue weighted by Crippen LogP contribution is 2.23. The highest BCUT2D eigenvalue weighted by molar-refractivity contribution is 5.82. The lowest BCUT2D eigenvalue weighted by Crippen LogP contribution is -2.41. The van der Waals surface area contributed by atoms with Gasteiger partial charge in [-0.1, -0.05) is 6.07 Å². The molecule has 2 aromatic carbocycles. The number of hydrogen-bond donors (Lipinski definition) is 3. The van der Waals surface area contributed by atoms with Gasteiger partial charge in [-0.15, -0.1) is 0 Å². The zero-order valence-corrected chi connectivity index (χ0v) is 16.5. The van der Waals surface area contributed by atoms with Crippen LogP contribution in [0.25, 0.3) is 21.8 Å². The van der Waals surface area contributed by atoms with E-state index in [2.05, 4.69) is 73.6 Å². The zero-order chi connectivity index (χ0) is 19.6. The molecule has 0 bridgehead atoms. The summed E-state index contributed by atoms with van der Waals surface area (Å²) < 4.78 is 2.11. The summed E-state index contributed by atoms with van der Waals surface area (Å²) in [4.78, 5) is 2.55. The minimum atomic E-state index is 0.168. The maximum Gasteiger partial charge on any atom is 0.0651 e. The summed E-state index contributed by atoms with van der Waals surface area (Å²) in [7, 11) is 0. The van der Waals surface area contributed by atoms with Crippen LogP contribution in [-0.4, -0.2) is 50.5 Å². The summed E-state index contributed by atoms with van der Waals surface area (Å²) in [5, 5.41) is 22.4. The van der Waals surface area contributed by atoms with E-state index in [1.807, 2.05) is 6.20 Å². The van der Waals surface area contributed by atoms with Crippen molar-refractivity contribution in [1.29, 1.82) is 0 Å². The molecular formula is C23H27N5O. The van der Waals surface area contributed by atoms with E-state index in [0.717, 1.165) is 36.2 Å². The third-order valence-corrected chi connectivity index (χ3v) is 5.90. The number of nitrogens with one attached hydrogen (secondary N) is 2. The first-order valence-electron chi connectivity index (χ1n) is 10.4. The lowest BCUT2D eigenvalue weighted by molar-refractivity contribution is 0.208. The van der Waals surface area contributed by atoms with Gasteiger partial charge in [-0.3, -0.25) is 10.00 Å². The van der Waals surface area contributed by atoms with Gasteiger partial charge in [0.15, 0.2) is 0 Å². The van der Waals surface area contributed by atoms with Crippen LogP contribution in [0, 0.1) is 0 Å². The van der Waals surface area contributed by atoms with Crippen LogP contribution in [0.3, 0.4) is 0 Å². The number of H-pyrrole nitrogens is 1. The Morgan fingerprint density at radius 3 is 3.03 bits per heavy atom. The van der Waals surface area contributed by atoms with E-state index >= 15 is 0 Å². The highest BCUT2D eigenvalue weighted by Gasteiger charge is 2.20. The SMILES string of the molecule is OCCn1ccc2cc(CN3CCC[C@H](Nc4ccc5[nH]ncc5c4)C3)ccc21. The number of aliphatic hydroxyl groups is 1. The predicted molar refractivity (Wildman–Crippen MR) is 117 cm³/mol. The first-order valence-corrected chi connectivity index (χ1v) is 10.4. The summed E-state index contributed by atoms with van der Waals surface area (Å²) in [5.41, 5.74) is 4.77. The quantitative estimate of drug-likeness (QED) is 0.471. The van der Waals surface area contributed by atoms with E-state index in [1.165, 1.54) is 29.3 Å². The molecule has 3 N–H and O–H groups in total. The van der Waals surface area contributed by atoms with Crippen molar-refractivity contribution in [2.75, 3.05) is 25.0 Å². The van der Waals surface area contributed by atoms with Crippen molar-refractivity contribution in [3.05, 3.63) is 60.4 Å². The molecule has 1 fully saturated rings. The number of aromatic amines is 1. The third-order valence-electron chi connectivity index (χ3n) is 5.90. The fourth-order valence-electron chi connectivity index (χ4n) is 4.49. The van der Waals surface area contributed by atoms with Crippen molar-refractivity contribution in [2.24, 2.45) is 0 Å². The molecule has 0 spiro atoms. The maximum absolute atomic E-state index is 9.20. The van der Waals surface area contributed by atoms with Crippen LogP contribution >= 0.6 is 0 Å². The standard InChI is InChI=1S/C23H27N5O/c29-11-10-28-9-7-18-12-17(3-6-23(18)28)15-27-8-1-2-21(16-27)25-20-4-5-22-19(13-20)14-24-26-22/h3-7,9,12-14,21,25,29H,1-2,8,10-11,15-16H2,(H,24,26)/t21-/m0/s1. The second kappa shape index (κ2) is 7.89. The largest absolute Gasteiger partial charge is 0.395 e. The lowest BCUT2D eigenvalue weighted by atomic mass is 10.0. The lowest BCUT2D eigenvalue weighted by Gasteiger charge is -2.33. The van der Waals surface area contributed by atoms with Crippen molar-refractivity contribution < 1.29 is 5.11 Å². The Labute approximate surface area is 170 Å². The summed E-state index contributed by atoms with van der Waals surface area (Å²) in [6.45, 7) is 3.98. The Kier molecular flexibility index (Phi) is 4.96. The molecule has 0 amide bonds. The van der Waals surface area contributed by atoms with E-state index in [-0.39, 0.29) is 6.61 Å². The fraction of sp³-hybridized carbons (Fsp3) is 0.348. The molecule has 3 heterocycles. The van der Waals surface area contributed by atoms with Gasteiger partial charge in [0.2, 0.25) is 0 Å². The molecule has 0 saturated carbocycles. The van der Waals surface area contributed by atoms with Gasteiger partial charge in [-0.25, -0.2) is 0 Å². The van der Waals surface area contributed by atoms with E-state index in [1.54, 1.807) is 0 Å². The number of benzene rings is 2. The van der Waals surface area contributed by atoms with Crippen LogP contribution in [0.15, 0.2) is 54.9 Å². The number of piperidine rings is 1. The smallest absolute Gasteiger partial charge is 0.0651 e. The molecule has 1 saturated heterocycles. The van der Waals surface area contributed by atoms with Crippen LogP contribution in [0.2, 0.25) is 0 Å². The van der Waals surface area contributed by atoms with Gasteiger partial charge < -0.3 is 15.0 Å². The minimum absolute atomic E-state index is 0.168. The van der Waals surface area contributed by atoms with Gasteiger partial charge in [0, 0.05) is 48.5 Å². The number of nitrogens with zero attached hydrogens (tertiary/aromatic N) is 3. The highest BCUT2D eigenvalue weighted by atomic mass is 16.3. The molecule has 0 radical (unpaired) electrons. The Hall–Kier alpha value is -2.83. The van der Waals surface area contributed by atoms with Crippen LogP contribution in [0.5, 0.6) is 0 Å². The molecule has 5 rings (SSSR count). The summed E-state index contributed by atoms with van der Waals surface area (Å²) >= 11 is 0.